The number of rotatable bonds is 10. The fraction of sp³-hybridized carbons (Fsp3) is 0.324. The van der Waals surface area contributed by atoms with E-state index in [1.165, 1.54) is 29.5 Å². The fourth-order valence-corrected chi connectivity index (χ4v) is 7.08. The summed E-state index contributed by atoms with van der Waals surface area (Å²) in [5, 5.41) is 35.1. The Morgan fingerprint density at radius 1 is 1.00 bits per heavy atom. The summed E-state index contributed by atoms with van der Waals surface area (Å²) < 4.78 is 29.7. The van der Waals surface area contributed by atoms with Gasteiger partial charge < -0.3 is 31.5 Å². The van der Waals surface area contributed by atoms with E-state index in [9.17, 15) is 23.8 Å². The van der Waals surface area contributed by atoms with Gasteiger partial charge in [0.05, 0.1) is 27.7 Å². The molecule has 0 radical (unpaired) electrons. The Morgan fingerprint density at radius 3 is 2.52 bits per heavy atom. The molecule has 2 amide bonds. The van der Waals surface area contributed by atoms with Gasteiger partial charge in [-0.2, -0.15) is 4.98 Å². The van der Waals surface area contributed by atoms with Crippen LogP contribution in [0.3, 0.4) is 0 Å². The first kappa shape index (κ1) is 31.8. The number of urea groups is 1. The lowest BCUT2D eigenvalue weighted by atomic mass is 10.1. The van der Waals surface area contributed by atoms with Gasteiger partial charge >= 0.3 is 6.03 Å². The number of carbonyl (C=O) groups excluding carboxylic acids is 1. The smallest absolute Gasteiger partial charge is 0.315 e. The van der Waals surface area contributed by atoms with Crippen LogP contribution in [-0.2, 0) is 13.1 Å². The number of thiazole rings is 1. The number of anilines is 2. The molecule has 11 nitrogen and oxygen atoms in total. The van der Waals surface area contributed by atoms with Gasteiger partial charge in [0.1, 0.15) is 34.1 Å². The Balaban J connectivity index is 1.17. The van der Waals surface area contributed by atoms with Crippen LogP contribution in [0.2, 0.25) is 0 Å². The molecule has 0 spiro atoms. The molecular formula is C34H34F2N8O3S. The van der Waals surface area contributed by atoms with Gasteiger partial charge in [0.25, 0.3) is 0 Å². The number of fused-ring (bicyclic) bond motifs is 1. The predicted octanol–water partition coefficient (Wildman–Crippen LogP) is 5.35. The number of pyridine rings is 1. The molecule has 3 atom stereocenters. The maximum atomic E-state index is 14.4. The maximum absolute atomic E-state index is 14.4. The van der Waals surface area contributed by atoms with Gasteiger partial charge in [-0.25, -0.2) is 23.5 Å². The van der Waals surface area contributed by atoms with Crippen LogP contribution < -0.4 is 21.3 Å². The molecular weight excluding hydrogens is 638 g/mol. The number of aromatic nitrogens is 4. The monoisotopic (exact) mass is 672 g/mol. The number of carbonyl (C=O) groups is 1. The Kier molecular flexibility index (Phi) is 8.62. The summed E-state index contributed by atoms with van der Waals surface area (Å²) in [6.45, 7) is 1.82. The van der Waals surface area contributed by atoms with E-state index in [2.05, 4.69) is 36.2 Å². The van der Waals surface area contributed by atoms with Crippen molar-refractivity contribution < 1.29 is 23.8 Å². The average Bonchev–Trinajstić information content (AvgIpc) is 3.77. The molecule has 2 aromatic carbocycles. The van der Waals surface area contributed by atoms with E-state index in [4.69, 9.17) is 4.98 Å². The molecule has 3 unspecified atom stereocenters. The normalized spacial score (nSPS) is 20.5. The summed E-state index contributed by atoms with van der Waals surface area (Å²) >= 11 is 1.43. The molecule has 48 heavy (non-hydrogen) atoms. The molecule has 2 saturated carbocycles. The number of amides is 2. The largest absolute Gasteiger partial charge is 0.386 e. The number of aliphatic hydroxyl groups is 2. The number of aryl methyl sites for hydroxylation is 1. The minimum atomic E-state index is -1.89. The van der Waals surface area contributed by atoms with Crippen molar-refractivity contribution in [3.63, 3.8) is 0 Å². The van der Waals surface area contributed by atoms with Crippen LogP contribution in [0.5, 0.6) is 0 Å². The van der Waals surface area contributed by atoms with E-state index in [1.54, 1.807) is 13.1 Å². The van der Waals surface area contributed by atoms with E-state index < -0.39 is 35.5 Å². The summed E-state index contributed by atoms with van der Waals surface area (Å²) in [5.74, 6) is -0.840. The van der Waals surface area contributed by atoms with Gasteiger partial charge in [0.15, 0.2) is 5.72 Å². The zero-order valence-electron chi connectivity index (χ0n) is 26.0. The van der Waals surface area contributed by atoms with Gasteiger partial charge in [-0.05, 0) is 56.4 Å². The first-order valence-corrected chi connectivity index (χ1v) is 16.6. The second-order valence-electron chi connectivity index (χ2n) is 12.2. The highest BCUT2D eigenvalue weighted by Crippen LogP contribution is 2.45. The number of nitrogens with one attached hydrogen (secondary N) is 4. The molecule has 2 fully saturated rings. The Bertz CT molecular complexity index is 1960. The van der Waals surface area contributed by atoms with Gasteiger partial charge in [0.2, 0.25) is 5.95 Å². The number of hydrogen-bond donors (Lipinski definition) is 6. The highest BCUT2D eigenvalue weighted by atomic mass is 32.1. The van der Waals surface area contributed by atoms with Crippen LogP contribution in [0.4, 0.5) is 25.3 Å². The van der Waals surface area contributed by atoms with Gasteiger partial charge in [0, 0.05) is 30.8 Å². The molecule has 3 heterocycles. The van der Waals surface area contributed by atoms with Crippen LogP contribution in [0.1, 0.15) is 54.1 Å². The lowest BCUT2D eigenvalue weighted by Crippen LogP contribution is -2.54. The van der Waals surface area contributed by atoms with Crippen molar-refractivity contribution in [1.82, 2.24) is 30.6 Å². The summed E-state index contributed by atoms with van der Waals surface area (Å²) in [6.07, 6.45) is 2.84. The van der Waals surface area contributed by atoms with Crippen LogP contribution >= 0.6 is 11.3 Å². The van der Waals surface area contributed by atoms with Gasteiger partial charge in [-0.15, -0.1) is 11.3 Å². The lowest BCUT2D eigenvalue weighted by Gasteiger charge is -2.31. The van der Waals surface area contributed by atoms with E-state index in [1.807, 2.05) is 36.4 Å². The summed E-state index contributed by atoms with van der Waals surface area (Å²) in [4.78, 5) is 31.4. The first-order chi connectivity index (χ1) is 23.2. The number of aliphatic hydroxyl groups excluding tert-OH is 1. The van der Waals surface area contributed by atoms with Crippen molar-refractivity contribution in [2.45, 2.75) is 69.5 Å². The molecule has 248 valence electrons. The fourth-order valence-electron chi connectivity index (χ4n) is 6.01. The standard InChI is InChI=1S/C34H34F2N8O3S/c1-18-26(31-42-28-25(48-31)13-15-37-27(28)20-10-11-20)30(43-32(40-18)38-17-21-22(35)8-5-9-23(21)36)44-34(47)14-12-24(29(34)45)41-33(46)39-16-19-6-3-2-4-7-19/h2-9,13,15,20,24,29,45,47H,10-12,14,16-17H2,1H3,(H2,39,41,46)(H2,38,40,43,44). The second kappa shape index (κ2) is 13.0. The number of nitrogens with zero attached hydrogens (tertiary/aromatic N) is 4. The molecule has 14 heteroatoms. The van der Waals surface area contributed by atoms with Crippen LogP contribution in [0.15, 0.2) is 60.8 Å². The first-order valence-electron chi connectivity index (χ1n) is 15.8. The summed E-state index contributed by atoms with van der Waals surface area (Å²) in [7, 11) is 0. The van der Waals surface area contributed by atoms with Crippen LogP contribution in [0, 0.1) is 18.6 Å². The molecule has 3 aromatic heterocycles. The summed E-state index contributed by atoms with van der Waals surface area (Å²) in [6, 6.07) is 13.7. The third-order valence-corrected chi connectivity index (χ3v) is 9.78. The average molecular weight is 673 g/mol. The molecule has 0 saturated heterocycles. The molecule has 6 N–H and O–H groups in total. The zero-order chi connectivity index (χ0) is 33.4. The number of halogens is 2. The van der Waals surface area contributed by atoms with Crippen molar-refractivity contribution in [3.05, 3.63) is 94.9 Å². The van der Waals surface area contributed by atoms with E-state index in [0.717, 1.165) is 34.3 Å². The molecule has 5 aromatic rings. The third kappa shape index (κ3) is 6.50. The van der Waals surface area contributed by atoms with E-state index >= 15 is 0 Å². The Hall–Kier alpha value is -4.79. The molecule has 2 aliphatic carbocycles. The SMILES string of the molecule is Cc1nc(NCc2c(F)cccc2F)nc(NC2(O)CCC(NC(=O)NCc3ccccc3)C2O)c1-c1nc2c(C3CC3)nccc2s1. The van der Waals surface area contributed by atoms with Crippen LogP contribution in [-0.4, -0.2) is 54.1 Å². The number of hydrogen-bond acceptors (Lipinski definition) is 10. The van der Waals surface area contributed by atoms with Crippen molar-refractivity contribution in [2.75, 3.05) is 10.6 Å². The lowest BCUT2D eigenvalue weighted by molar-refractivity contribution is -0.0387. The number of benzene rings is 2. The second-order valence-corrected chi connectivity index (χ2v) is 13.2. The molecule has 2 aliphatic rings. The Labute approximate surface area is 278 Å². The van der Waals surface area contributed by atoms with Crippen molar-refractivity contribution >= 4 is 39.4 Å². The quantitative estimate of drug-likeness (QED) is 0.108. The maximum Gasteiger partial charge on any atom is 0.315 e. The van der Waals surface area contributed by atoms with Gasteiger partial charge in [-0.3, -0.25) is 4.98 Å². The van der Waals surface area contributed by atoms with Crippen LogP contribution in [0.25, 0.3) is 20.8 Å². The van der Waals surface area contributed by atoms with Gasteiger partial charge in [-0.1, -0.05) is 36.4 Å². The molecule has 7 rings (SSSR count). The predicted molar refractivity (Wildman–Crippen MR) is 178 cm³/mol. The molecule has 0 aliphatic heterocycles. The third-order valence-electron chi connectivity index (χ3n) is 8.74. The zero-order valence-corrected chi connectivity index (χ0v) is 26.8. The van der Waals surface area contributed by atoms with Crippen molar-refractivity contribution in [2.24, 2.45) is 0 Å². The summed E-state index contributed by atoms with van der Waals surface area (Å²) in [5.41, 5.74) is 1.58. The van der Waals surface area contributed by atoms with Crippen molar-refractivity contribution in [1.29, 1.82) is 0 Å². The van der Waals surface area contributed by atoms with Crippen molar-refractivity contribution in [3.8, 4) is 10.6 Å². The highest BCUT2D eigenvalue weighted by molar-refractivity contribution is 7.21. The van der Waals surface area contributed by atoms with E-state index in [0.29, 0.717) is 28.7 Å². The highest BCUT2D eigenvalue weighted by Gasteiger charge is 2.48. The minimum Gasteiger partial charge on any atom is -0.386 e. The molecule has 0 bridgehead atoms. The minimum absolute atomic E-state index is 0.0499. The van der Waals surface area contributed by atoms with E-state index in [-0.39, 0.29) is 36.7 Å². The topological polar surface area (TPSA) is 157 Å². The Morgan fingerprint density at radius 2 is 1.77 bits per heavy atom.